The summed E-state index contributed by atoms with van der Waals surface area (Å²) >= 11 is -0.849. The lowest BCUT2D eigenvalue weighted by Gasteiger charge is -2.01. The third-order valence-electron chi connectivity index (χ3n) is 1.61. The lowest BCUT2D eigenvalue weighted by Crippen LogP contribution is -2.18. The number of fused-ring (bicyclic) bond motifs is 1. The monoisotopic (exact) mass is 162 g/mol. The molecule has 0 aromatic carbocycles. The van der Waals surface area contributed by atoms with Gasteiger partial charge in [-0.15, -0.1) is 0 Å². The Kier molecular flexibility index (Phi) is 1.28. The molecule has 2 rings (SSSR count). The van der Waals surface area contributed by atoms with Crippen LogP contribution in [0.3, 0.4) is 0 Å². The molecule has 0 aliphatic carbocycles. The van der Waals surface area contributed by atoms with Gasteiger partial charge >= 0.3 is 6.16 Å². The lowest BCUT2D eigenvalue weighted by atomic mass is 10.3. The molecule has 0 aromatic rings. The standard InChI is InChI=1S/C5H6O4S/c6-5-8-3-1-10(7)2-4(3)9-5/h3-4H,1-2H2. The first-order valence-electron chi connectivity index (χ1n) is 2.98. The molecule has 0 radical (unpaired) electrons. The van der Waals surface area contributed by atoms with Crippen molar-refractivity contribution in [2.75, 3.05) is 11.5 Å². The van der Waals surface area contributed by atoms with Crippen LogP contribution in [0.5, 0.6) is 0 Å². The van der Waals surface area contributed by atoms with Crippen molar-refractivity contribution >= 4 is 17.3 Å². The van der Waals surface area contributed by atoms with Crippen LogP contribution >= 0.6 is 0 Å². The molecule has 4 nitrogen and oxygen atoms in total. The Balaban J connectivity index is 2.06. The van der Waals surface area contributed by atoms with E-state index in [0.717, 1.165) is 0 Å². The maximum atomic E-state index is 10.8. The molecule has 2 heterocycles. The van der Waals surface area contributed by atoms with E-state index < -0.39 is 17.3 Å². The number of hydrogen-bond donors (Lipinski definition) is 0. The van der Waals surface area contributed by atoms with E-state index in [1.807, 2.05) is 0 Å². The van der Waals surface area contributed by atoms with Gasteiger partial charge in [-0.2, -0.15) is 0 Å². The Labute approximate surface area is 60.7 Å². The van der Waals surface area contributed by atoms with Crippen molar-refractivity contribution in [3.63, 3.8) is 0 Å². The fourth-order valence-corrected chi connectivity index (χ4v) is 2.58. The zero-order valence-corrected chi connectivity index (χ0v) is 5.93. The van der Waals surface area contributed by atoms with Crippen molar-refractivity contribution in [2.45, 2.75) is 12.2 Å². The van der Waals surface area contributed by atoms with Crippen molar-refractivity contribution in [1.82, 2.24) is 0 Å². The minimum Gasteiger partial charge on any atom is -0.616 e. The van der Waals surface area contributed by atoms with Crippen molar-refractivity contribution in [3.05, 3.63) is 0 Å². The number of carbonyl (C=O) groups is 1. The first kappa shape index (κ1) is 6.30. The summed E-state index contributed by atoms with van der Waals surface area (Å²) in [6.07, 6.45) is -1.10. The Morgan fingerprint density at radius 3 is 2.40 bits per heavy atom. The molecule has 0 aromatic heterocycles. The molecule has 0 amide bonds. The minimum atomic E-state index is -0.849. The molecule has 0 spiro atoms. The van der Waals surface area contributed by atoms with Gasteiger partial charge in [0.05, 0.1) is 0 Å². The summed E-state index contributed by atoms with van der Waals surface area (Å²) in [5.41, 5.74) is 0. The first-order chi connectivity index (χ1) is 4.75. The van der Waals surface area contributed by atoms with Gasteiger partial charge in [0, 0.05) is 0 Å². The van der Waals surface area contributed by atoms with Gasteiger partial charge < -0.3 is 14.0 Å². The normalized spacial score (nSPS) is 44.5. The topological polar surface area (TPSA) is 58.6 Å². The molecule has 56 valence electrons. The molecule has 2 aliphatic rings. The van der Waals surface area contributed by atoms with E-state index in [4.69, 9.17) is 9.47 Å². The summed E-state index contributed by atoms with van der Waals surface area (Å²) in [5, 5.41) is 0. The molecule has 2 unspecified atom stereocenters. The highest BCUT2D eigenvalue weighted by Gasteiger charge is 2.47. The summed E-state index contributed by atoms with van der Waals surface area (Å²) in [4.78, 5) is 10.4. The minimum absolute atomic E-state index is 0.242. The third kappa shape index (κ3) is 0.856. The van der Waals surface area contributed by atoms with Crippen molar-refractivity contribution < 1.29 is 18.8 Å². The predicted octanol–water partition coefficient (Wildman–Crippen LogP) is -0.347. The van der Waals surface area contributed by atoms with Gasteiger partial charge in [0.2, 0.25) is 0 Å². The molecule has 0 bridgehead atoms. The van der Waals surface area contributed by atoms with Gasteiger partial charge in [-0.1, -0.05) is 0 Å². The van der Waals surface area contributed by atoms with Crippen LogP contribution in [0.25, 0.3) is 0 Å². The molecule has 2 atom stereocenters. The van der Waals surface area contributed by atoms with Gasteiger partial charge in [0.25, 0.3) is 0 Å². The third-order valence-corrected chi connectivity index (χ3v) is 3.01. The van der Waals surface area contributed by atoms with E-state index in [1.54, 1.807) is 0 Å². The second kappa shape index (κ2) is 2.03. The summed E-state index contributed by atoms with van der Waals surface area (Å²) in [6, 6.07) is 0. The van der Waals surface area contributed by atoms with Crippen LogP contribution in [-0.2, 0) is 20.6 Å². The van der Waals surface area contributed by atoms with E-state index in [-0.39, 0.29) is 12.2 Å². The van der Waals surface area contributed by atoms with Crippen LogP contribution in [0.15, 0.2) is 0 Å². The molecular formula is C5H6O4S. The van der Waals surface area contributed by atoms with Crippen LogP contribution in [0.1, 0.15) is 0 Å². The zero-order chi connectivity index (χ0) is 7.14. The fourth-order valence-electron chi connectivity index (χ4n) is 1.14. The second-order valence-corrected chi connectivity index (χ2v) is 3.88. The van der Waals surface area contributed by atoms with Crippen LogP contribution in [-0.4, -0.2) is 34.4 Å². The van der Waals surface area contributed by atoms with Crippen LogP contribution < -0.4 is 0 Å². The van der Waals surface area contributed by atoms with E-state index in [1.165, 1.54) is 0 Å². The molecule has 5 heteroatoms. The van der Waals surface area contributed by atoms with Gasteiger partial charge in [0.15, 0.2) is 12.2 Å². The van der Waals surface area contributed by atoms with E-state index in [0.29, 0.717) is 11.5 Å². The highest BCUT2D eigenvalue weighted by Crippen LogP contribution is 2.24. The molecular weight excluding hydrogens is 156 g/mol. The Bertz CT molecular complexity index is 155. The summed E-state index contributed by atoms with van der Waals surface area (Å²) in [5.74, 6) is 0.882. The first-order valence-corrected chi connectivity index (χ1v) is 4.47. The fraction of sp³-hybridized carbons (Fsp3) is 0.800. The quantitative estimate of drug-likeness (QED) is 0.361. The second-order valence-electron chi connectivity index (χ2n) is 2.34. The highest BCUT2D eigenvalue weighted by molar-refractivity contribution is 7.91. The largest absolute Gasteiger partial charge is 0.616 e. The maximum absolute atomic E-state index is 10.8. The van der Waals surface area contributed by atoms with E-state index >= 15 is 0 Å². The average molecular weight is 162 g/mol. The number of rotatable bonds is 0. The van der Waals surface area contributed by atoms with Gasteiger partial charge in [-0.3, -0.25) is 0 Å². The number of hydrogen-bond acceptors (Lipinski definition) is 4. The van der Waals surface area contributed by atoms with Crippen molar-refractivity contribution in [2.24, 2.45) is 0 Å². The van der Waals surface area contributed by atoms with Crippen molar-refractivity contribution in [3.8, 4) is 0 Å². The van der Waals surface area contributed by atoms with E-state index in [9.17, 15) is 9.35 Å². The van der Waals surface area contributed by atoms with Gasteiger partial charge in [-0.05, 0) is 11.2 Å². The maximum Gasteiger partial charge on any atom is 0.509 e. The number of carbonyl (C=O) groups excluding carboxylic acids is 1. The Morgan fingerprint density at radius 2 is 1.90 bits per heavy atom. The van der Waals surface area contributed by atoms with Crippen LogP contribution in [0.4, 0.5) is 4.79 Å². The summed E-state index contributed by atoms with van der Waals surface area (Å²) < 4.78 is 20.2. The predicted molar refractivity (Wildman–Crippen MR) is 33.0 cm³/mol. The Morgan fingerprint density at radius 1 is 1.40 bits per heavy atom. The SMILES string of the molecule is O=C1OC2C[S+]([O-])CC2O1. The van der Waals surface area contributed by atoms with Gasteiger partial charge in [-0.25, -0.2) is 4.79 Å². The molecule has 10 heavy (non-hydrogen) atoms. The average Bonchev–Trinajstić information content (AvgIpc) is 2.21. The molecule has 0 saturated carbocycles. The summed E-state index contributed by atoms with van der Waals surface area (Å²) in [7, 11) is 0. The molecule has 0 N–H and O–H groups in total. The van der Waals surface area contributed by atoms with Gasteiger partial charge in [0.1, 0.15) is 11.5 Å². The molecule has 2 fully saturated rings. The number of ether oxygens (including phenoxy) is 2. The van der Waals surface area contributed by atoms with Crippen LogP contribution in [0.2, 0.25) is 0 Å². The Hall–Kier alpha value is -0.420. The zero-order valence-electron chi connectivity index (χ0n) is 5.11. The summed E-state index contributed by atoms with van der Waals surface area (Å²) in [6.45, 7) is 0. The van der Waals surface area contributed by atoms with E-state index in [2.05, 4.69) is 0 Å². The highest BCUT2D eigenvalue weighted by atomic mass is 32.2. The lowest BCUT2D eigenvalue weighted by molar-refractivity contribution is 0.118. The molecule has 2 aliphatic heterocycles. The molecule has 2 saturated heterocycles. The van der Waals surface area contributed by atoms with Crippen LogP contribution in [0, 0.1) is 0 Å². The smallest absolute Gasteiger partial charge is 0.509 e. The van der Waals surface area contributed by atoms with Crippen molar-refractivity contribution in [1.29, 1.82) is 0 Å².